The lowest BCUT2D eigenvalue weighted by atomic mass is 10.1. The number of aryl methyl sites for hydroxylation is 2. The van der Waals surface area contributed by atoms with Crippen molar-refractivity contribution in [3.63, 3.8) is 0 Å². The summed E-state index contributed by atoms with van der Waals surface area (Å²) in [6, 6.07) is 1.06. The topological polar surface area (TPSA) is 84.2 Å². The number of nitrogens with zero attached hydrogens (tertiary/aromatic N) is 2. The van der Waals surface area contributed by atoms with Gasteiger partial charge in [0.2, 0.25) is 5.91 Å². The summed E-state index contributed by atoms with van der Waals surface area (Å²) in [6.45, 7) is 7.74. The van der Waals surface area contributed by atoms with Crippen LogP contribution in [0.25, 0.3) is 0 Å². The fourth-order valence-electron chi connectivity index (χ4n) is 2.37. The van der Waals surface area contributed by atoms with Crippen LogP contribution in [0.3, 0.4) is 0 Å². The average molecular weight is 295 g/mol. The minimum Gasteiger partial charge on any atom is -0.480 e. The molecule has 0 aliphatic heterocycles. The van der Waals surface area contributed by atoms with Crippen molar-refractivity contribution in [1.82, 2.24) is 15.1 Å². The third kappa shape index (κ3) is 5.21. The van der Waals surface area contributed by atoms with Crippen LogP contribution < -0.4 is 5.32 Å². The second-order valence-corrected chi connectivity index (χ2v) is 5.53. The van der Waals surface area contributed by atoms with Gasteiger partial charge in [-0.3, -0.25) is 9.48 Å². The lowest BCUT2D eigenvalue weighted by Gasteiger charge is -2.17. The van der Waals surface area contributed by atoms with Crippen molar-refractivity contribution >= 4 is 11.9 Å². The molecule has 1 aromatic rings. The summed E-state index contributed by atoms with van der Waals surface area (Å²) in [5, 5.41) is 16.1. The van der Waals surface area contributed by atoms with Crippen LogP contribution in [0.15, 0.2) is 6.07 Å². The maximum absolute atomic E-state index is 12.0. The van der Waals surface area contributed by atoms with Gasteiger partial charge in [-0.25, -0.2) is 4.79 Å². The van der Waals surface area contributed by atoms with Crippen LogP contribution >= 0.6 is 0 Å². The standard InChI is InChI=1S/C15H25N3O3/c1-5-6-7-13(15(20)21)16-14(19)9-12(4)18-11(3)8-10(2)17-18/h8,12-13H,5-7,9H2,1-4H3,(H,16,19)(H,20,21)/t12?,13-/m0/s1. The van der Waals surface area contributed by atoms with Crippen LogP contribution in [0.5, 0.6) is 0 Å². The van der Waals surface area contributed by atoms with E-state index >= 15 is 0 Å². The highest BCUT2D eigenvalue weighted by atomic mass is 16.4. The van der Waals surface area contributed by atoms with Crippen molar-refractivity contribution in [2.24, 2.45) is 0 Å². The molecule has 0 fully saturated rings. The molecule has 118 valence electrons. The Kier molecular flexibility index (Phi) is 6.39. The third-order valence-corrected chi connectivity index (χ3v) is 3.42. The van der Waals surface area contributed by atoms with Gasteiger partial charge < -0.3 is 10.4 Å². The fraction of sp³-hybridized carbons (Fsp3) is 0.667. The number of unbranched alkanes of at least 4 members (excludes halogenated alkanes) is 1. The number of carboxylic acids is 1. The predicted octanol–water partition coefficient (Wildman–Crippen LogP) is 2.21. The van der Waals surface area contributed by atoms with Gasteiger partial charge in [-0.05, 0) is 33.3 Å². The Hall–Kier alpha value is -1.85. The maximum atomic E-state index is 12.0. The predicted molar refractivity (Wildman–Crippen MR) is 80.1 cm³/mol. The van der Waals surface area contributed by atoms with Crippen LogP contribution in [0.1, 0.15) is 57.0 Å². The monoisotopic (exact) mass is 295 g/mol. The number of aromatic nitrogens is 2. The molecule has 2 atom stereocenters. The molecule has 1 rings (SSSR count). The van der Waals surface area contributed by atoms with Crippen LogP contribution in [0.4, 0.5) is 0 Å². The zero-order valence-corrected chi connectivity index (χ0v) is 13.2. The van der Waals surface area contributed by atoms with E-state index in [0.717, 1.165) is 24.2 Å². The normalized spacial score (nSPS) is 13.7. The molecule has 0 saturated heterocycles. The number of hydrogen-bond donors (Lipinski definition) is 2. The Balaban J connectivity index is 2.59. The van der Waals surface area contributed by atoms with E-state index in [1.807, 2.05) is 33.8 Å². The number of amides is 1. The van der Waals surface area contributed by atoms with E-state index in [0.29, 0.717) is 6.42 Å². The zero-order valence-electron chi connectivity index (χ0n) is 13.2. The second kappa shape index (κ2) is 7.81. The van der Waals surface area contributed by atoms with E-state index in [1.165, 1.54) is 0 Å². The molecule has 1 unspecified atom stereocenters. The highest BCUT2D eigenvalue weighted by molar-refractivity contribution is 5.83. The zero-order chi connectivity index (χ0) is 16.0. The third-order valence-electron chi connectivity index (χ3n) is 3.42. The molecule has 0 radical (unpaired) electrons. The fourth-order valence-corrected chi connectivity index (χ4v) is 2.37. The van der Waals surface area contributed by atoms with Crippen molar-refractivity contribution < 1.29 is 14.7 Å². The molecule has 0 saturated carbocycles. The minimum absolute atomic E-state index is 0.0979. The Morgan fingerprint density at radius 2 is 2.10 bits per heavy atom. The van der Waals surface area contributed by atoms with Gasteiger partial charge in [0.15, 0.2) is 0 Å². The molecule has 1 heterocycles. The SMILES string of the molecule is CCCC[C@H](NC(=O)CC(C)n1nc(C)cc1C)C(=O)O. The first-order valence-corrected chi connectivity index (χ1v) is 7.40. The Morgan fingerprint density at radius 1 is 1.43 bits per heavy atom. The molecule has 21 heavy (non-hydrogen) atoms. The van der Waals surface area contributed by atoms with Gasteiger partial charge >= 0.3 is 5.97 Å². The van der Waals surface area contributed by atoms with Gasteiger partial charge in [-0.2, -0.15) is 5.10 Å². The lowest BCUT2D eigenvalue weighted by Crippen LogP contribution is -2.41. The highest BCUT2D eigenvalue weighted by Crippen LogP contribution is 2.14. The van der Waals surface area contributed by atoms with Crippen LogP contribution in [-0.4, -0.2) is 32.8 Å². The Bertz CT molecular complexity index is 496. The van der Waals surface area contributed by atoms with E-state index in [9.17, 15) is 9.59 Å². The smallest absolute Gasteiger partial charge is 0.326 e. The Morgan fingerprint density at radius 3 is 2.57 bits per heavy atom. The van der Waals surface area contributed by atoms with Crippen molar-refractivity contribution in [1.29, 1.82) is 0 Å². The first kappa shape index (κ1) is 17.2. The van der Waals surface area contributed by atoms with Gasteiger partial charge in [0, 0.05) is 12.1 Å². The maximum Gasteiger partial charge on any atom is 0.326 e. The summed E-state index contributed by atoms with van der Waals surface area (Å²) in [4.78, 5) is 23.1. The molecule has 0 aliphatic carbocycles. The van der Waals surface area contributed by atoms with Crippen molar-refractivity contribution in [2.75, 3.05) is 0 Å². The first-order valence-electron chi connectivity index (χ1n) is 7.40. The summed E-state index contributed by atoms with van der Waals surface area (Å²) in [5.74, 6) is -1.23. The van der Waals surface area contributed by atoms with Gasteiger partial charge in [0.05, 0.1) is 11.7 Å². The van der Waals surface area contributed by atoms with Gasteiger partial charge in [-0.15, -0.1) is 0 Å². The number of rotatable bonds is 8. The van der Waals surface area contributed by atoms with Gasteiger partial charge in [-0.1, -0.05) is 19.8 Å². The average Bonchev–Trinajstić information content (AvgIpc) is 2.73. The molecule has 0 aliphatic rings. The molecule has 1 aromatic heterocycles. The summed E-state index contributed by atoms with van der Waals surface area (Å²) in [7, 11) is 0. The van der Waals surface area contributed by atoms with E-state index < -0.39 is 12.0 Å². The van der Waals surface area contributed by atoms with Crippen LogP contribution in [-0.2, 0) is 9.59 Å². The van der Waals surface area contributed by atoms with Crippen LogP contribution in [0.2, 0.25) is 0 Å². The first-order chi connectivity index (χ1) is 9.85. The number of carbonyl (C=O) groups is 2. The molecule has 2 N–H and O–H groups in total. The van der Waals surface area contributed by atoms with Crippen LogP contribution in [0, 0.1) is 13.8 Å². The van der Waals surface area contributed by atoms with E-state index in [2.05, 4.69) is 10.4 Å². The van der Waals surface area contributed by atoms with Crippen molar-refractivity contribution in [3.8, 4) is 0 Å². The van der Waals surface area contributed by atoms with Gasteiger partial charge in [0.1, 0.15) is 6.04 Å². The number of hydrogen-bond acceptors (Lipinski definition) is 3. The molecule has 1 amide bonds. The molecular weight excluding hydrogens is 270 g/mol. The highest BCUT2D eigenvalue weighted by Gasteiger charge is 2.21. The van der Waals surface area contributed by atoms with E-state index in [1.54, 1.807) is 4.68 Å². The number of carboxylic acid groups (broad SMARTS) is 1. The van der Waals surface area contributed by atoms with Crippen molar-refractivity contribution in [2.45, 2.75) is 65.5 Å². The number of nitrogens with one attached hydrogen (secondary N) is 1. The minimum atomic E-state index is -0.976. The molecular formula is C15H25N3O3. The molecule has 0 spiro atoms. The summed E-state index contributed by atoms with van der Waals surface area (Å²) >= 11 is 0. The van der Waals surface area contributed by atoms with E-state index in [4.69, 9.17) is 5.11 Å². The molecule has 0 aromatic carbocycles. The Labute approximate surface area is 125 Å². The van der Waals surface area contributed by atoms with E-state index in [-0.39, 0.29) is 18.4 Å². The van der Waals surface area contributed by atoms with Crippen molar-refractivity contribution in [3.05, 3.63) is 17.5 Å². The quantitative estimate of drug-likeness (QED) is 0.770. The number of carbonyl (C=O) groups excluding carboxylic acids is 1. The molecule has 0 bridgehead atoms. The molecule has 6 heteroatoms. The lowest BCUT2D eigenvalue weighted by molar-refractivity contribution is -0.142. The number of aliphatic carboxylic acids is 1. The summed E-state index contributed by atoms with van der Waals surface area (Å²) in [5.41, 5.74) is 1.90. The summed E-state index contributed by atoms with van der Waals surface area (Å²) in [6.07, 6.45) is 2.37. The van der Waals surface area contributed by atoms with Gasteiger partial charge in [0.25, 0.3) is 0 Å². The second-order valence-electron chi connectivity index (χ2n) is 5.53. The summed E-state index contributed by atoms with van der Waals surface area (Å²) < 4.78 is 1.80. The molecule has 6 nitrogen and oxygen atoms in total. The largest absolute Gasteiger partial charge is 0.480 e.